The number of ether oxygens (including phenoxy) is 1. The van der Waals surface area contributed by atoms with Crippen LogP contribution in [-0.4, -0.2) is 32.9 Å². The minimum absolute atomic E-state index is 0.459. The third-order valence-corrected chi connectivity index (χ3v) is 2.70. The maximum absolute atomic E-state index is 11.0. The van der Waals surface area contributed by atoms with E-state index in [1.54, 1.807) is 10.6 Å². The largest absolute Gasteiger partial charge is 0.494 e. The monoisotopic (exact) mass is 242 g/mol. The highest BCUT2D eigenvalue weighted by Gasteiger charge is 2.09. The van der Waals surface area contributed by atoms with Crippen LogP contribution in [0.25, 0.3) is 16.6 Å². The van der Waals surface area contributed by atoms with Crippen molar-refractivity contribution in [2.24, 2.45) is 0 Å². The molecular formula is C12H10N4O2. The van der Waals surface area contributed by atoms with Crippen LogP contribution in [0, 0.1) is 0 Å². The fourth-order valence-electron chi connectivity index (χ4n) is 1.95. The minimum atomic E-state index is 0.459. The molecule has 0 aliphatic heterocycles. The van der Waals surface area contributed by atoms with E-state index >= 15 is 0 Å². The van der Waals surface area contributed by atoms with Gasteiger partial charge in [0.15, 0.2) is 11.9 Å². The van der Waals surface area contributed by atoms with Gasteiger partial charge in [-0.05, 0) is 41.6 Å². The number of nitrogens with zero attached hydrogens (tertiary/aromatic N) is 4. The van der Waals surface area contributed by atoms with E-state index in [0.29, 0.717) is 17.8 Å². The number of hydrogen-bond donors (Lipinski definition) is 0. The lowest BCUT2D eigenvalue weighted by atomic mass is 10.1. The predicted octanol–water partition coefficient (Wildman–Crippen LogP) is 1.49. The van der Waals surface area contributed by atoms with Crippen molar-refractivity contribution >= 4 is 22.8 Å². The molecular weight excluding hydrogens is 232 g/mol. The Kier molecular flexibility index (Phi) is 2.40. The van der Waals surface area contributed by atoms with Gasteiger partial charge in [0.1, 0.15) is 5.75 Å². The molecule has 0 spiro atoms. The number of aldehydes is 1. The van der Waals surface area contributed by atoms with Crippen molar-refractivity contribution in [1.29, 1.82) is 0 Å². The highest BCUT2D eigenvalue weighted by atomic mass is 16.5. The molecule has 0 bridgehead atoms. The van der Waals surface area contributed by atoms with Crippen molar-refractivity contribution in [2.45, 2.75) is 6.92 Å². The van der Waals surface area contributed by atoms with E-state index in [1.807, 2.05) is 25.1 Å². The number of hydrogen-bond acceptors (Lipinski definition) is 5. The van der Waals surface area contributed by atoms with Crippen molar-refractivity contribution in [1.82, 2.24) is 20.0 Å². The lowest BCUT2D eigenvalue weighted by molar-refractivity contribution is 0.112. The molecule has 0 radical (unpaired) electrons. The molecule has 0 fully saturated rings. The second kappa shape index (κ2) is 4.06. The number of aromatic nitrogens is 4. The van der Waals surface area contributed by atoms with Gasteiger partial charge in [0.25, 0.3) is 0 Å². The first-order valence-electron chi connectivity index (χ1n) is 5.56. The Morgan fingerprint density at radius 3 is 3.06 bits per heavy atom. The first-order valence-corrected chi connectivity index (χ1v) is 5.56. The Balaban J connectivity index is 2.35. The molecule has 2 aromatic heterocycles. The number of tetrazole rings is 1. The van der Waals surface area contributed by atoms with Crippen LogP contribution in [0.15, 0.2) is 24.3 Å². The molecule has 3 aromatic rings. The fraction of sp³-hybridized carbons (Fsp3) is 0.167. The van der Waals surface area contributed by atoms with Gasteiger partial charge in [-0.1, -0.05) is 0 Å². The normalized spacial score (nSPS) is 10.9. The van der Waals surface area contributed by atoms with E-state index < -0.39 is 0 Å². The maximum Gasteiger partial charge on any atom is 0.190 e. The molecule has 2 heterocycles. The average molecular weight is 242 g/mol. The molecule has 0 aliphatic carbocycles. The van der Waals surface area contributed by atoms with Crippen molar-refractivity contribution in [3.8, 4) is 5.75 Å². The van der Waals surface area contributed by atoms with Gasteiger partial charge < -0.3 is 4.74 Å². The Hall–Kier alpha value is -2.50. The summed E-state index contributed by atoms with van der Waals surface area (Å²) in [5.41, 5.74) is 1.76. The first-order chi connectivity index (χ1) is 8.83. The number of carbonyl (C=O) groups is 1. The van der Waals surface area contributed by atoms with Gasteiger partial charge in [-0.25, -0.2) is 0 Å². The van der Waals surface area contributed by atoms with E-state index in [-0.39, 0.29) is 0 Å². The van der Waals surface area contributed by atoms with Crippen molar-refractivity contribution < 1.29 is 9.53 Å². The van der Waals surface area contributed by atoms with Gasteiger partial charge >= 0.3 is 0 Å². The Bertz CT molecular complexity index is 735. The van der Waals surface area contributed by atoms with Crippen LogP contribution in [0.2, 0.25) is 0 Å². The Morgan fingerprint density at radius 1 is 1.39 bits per heavy atom. The molecule has 0 saturated carbocycles. The molecule has 6 nitrogen and oxygen atoms in total. The lowest BCUT2D eigenvalue weighted by Gasteiger charge is -2.06. The molecule has 90 valence electrons. The fourth-order valence-corrected chi connectivity index (χ4v) is 1.95. The SMILES string of the molecule is CCOc1ccc2c(c1)cc(C=O)c1nnnn12. The van der Waals surface area contributed by atoms with E-state index in [2.05, 4.69) is 15.5 Å². The van der Waals surface area contributed by atoms with E-state index in [9.17, 15) is 4.79 Å². The molecule has 0 aliphatic rings. The summed E-state index contributed by atoms with van der Waals surface area (Å²) < 4.78 is 6.98. The zero-order chi connectivity index (χ0) is 12.5. The summed E-state index contributed by atoms with van der Waals surface area (Å²) in [4.78, 5) is 11.0. The van der Waals surface area contributed by atoms with Gasteiger partial charge in [-0.2, -0.15) is 4.52 Å². The summed E-state index contributed by atoms with van der Waals surface area (Å²) in [6.07, 6.45) is 0.748. The van der Waals surface area contributed by atoms with Crippen LogP contribution in [0.4, 0.5) is 0 Å². The molecule has 0 saturated heterocycles. The molecule has 0 atom stereocenters. The van der Waals surface area contributed by atoms with Gasteiger partial charge in [-0.15, -0.1) is 5.10 Å². The van der Waals surface area contributed by atoms with Crippen LogP contribution in [-0.2, 0) is 0 Å². The Morgan fingerprint density at radius 2 is 2.28 bits per heavy atom. The van der Waals surface area contributed by atoms with Crippen molar-refractivity contribution in [2.75, 3.05) is 6.61 Å². The van der Waals surface area contributed by atoms with E-state index in [0.717, 1.165) is 22.9 Å². The van der Waals surface area contributed by atoms with E-state index in [1.165, 1.54) is 0 Å². The highest BCUT2D eigenvalue weighted by Crippen LogP contribution is 2.23. The van der Waals surface area contributed by atoms with E-state index in [4.69, 9.17) is 4.74 Å². The van der Waals surface area contributed by atoms with Crippen LogP contribution in [0.3, 0.4) is 0 Å². The summed E-state index contributed by atoms with van der Waals surface area (Å²) in [7, 11) is 0. The number of fused-ring (bicyclic) bond motifs is 3. The van der Waals surface area contributed by atoms with Crippen LogP contribution >= 0.6 is 0 Å². The van der Waals surface area contributed by atoms with Gasteiger partial charge in [0.05, 0.1) is 17.7 Å². The molecule has 6 heteroatoms. The Labute approximate surface area is 102 Å². The zero-order valence-corrected chi connectivity index (χ0v) is 9.70. The summed E-state index contributed by atoms with van der Waals surface area (Å²) in [5, 5.41) is 12.2. The van der Waals surface area contributed by atoms with Crippen LogP contribution in [0.5, 0.6) is 5.75 Å². The quantitative estimate of drug-likeness (QED) is 0.651. The molecule has 0 unspecified atom stereocenters. The summed E-state index contributed by atoms with van der Waals surface area (Å²) in [6, 6.07) is 7.36. The predicted molar refractivity (Wildman–Crippen MR) is 64.8 cm³/mol. The number of pyridine rings is 1. The summed E-state index contributed by atoms with van der Waals surface area (Å²) in [5.74, 6) is 0.759. The minimum Gasteiger partial charge on any atom is -0.494 e. The second-order valence-corrected chi connectivity index (χ2v) is 3.79. The second-order valence-electron chi connectivity index (χ2n) is 3.79. The molecule has 18 heavy (non-hydrogen) atoms. The average Bonchev–Trinajstić information content (AvgIpc) is 2.87. The third-order valence-electron chi connectivity index (χ3n) is 2.70. The lowest BCUT2D eigenvalue weighted by Crippen LogP contribution is -1.97. The van der Waals surface area contributed by atoms with Crippen molar-refractivity contribution in [3.63, 3.8) is 0 Å². The number of carbonyl (C=O) groups excluding carboxylic acids is 1. The highest BCUT2D eigenvalue weighted by molar-refractivity contribution is 5.93. The van der Waals surface area contributed by atoms with Crippen molar-refractivity contribution in [3.05, 3.63) is 29.8 Å². The summed E-state index contributed by atoms with van der Waals surface area (Å²) >= 11 is 0. The smallest absolute Gasteiger partial charge is 0.190 e. The zero-order valence-electron chi connectivity index (χ0n) is 9.70. The summed E-state index contributed by atoms with van der Waals surface area (Å²) in [6.45, 7) is 2.52. The topological polar surface area (TPSA) is 69.4 Å². The van der Waals surface area contributed by atoms with Crippen LogP contribution in [0.1, 0.15) is 17.3 Å². The number of benzene rings is 1. The molecule has 1 aromatic carbocycles. The number of rotatable bonds is 3. The molecule has 0 N–H and O–H groups in total. The van der Waals surface area contributed by atoms with Gasteiger partial charge in [-0.3, -0.25) is 4.79 Å². The molecule has 3 rings (SSSR count). The van der Waals surface area contributed by atoms with Gasteiger partial charge in [0.2, 0.25) is 0 Å². The van der Waals surface area contributed by atoms with Gasteiger partial charge in [0, 0.05) is 5.39 Å². The third kappa shape index (κ3) is 1.50. The maximum atomic E-state index is 11.0. The first kappa shape index (κ1) is 10.6. The van der Waals surface area contributed by atoms with Crippen LogP contribution < -0.4 is 4.74 Å². The molecule has 0 amide bonds. The standard InChI is InChI=1S/C12H10N4O2/c1-2-18-10-3-4-11-8(6-10)5-9(7-17)12-13-14-15-16(11)12/h3-7H,2H2,1H3.